The normalized spacial score (nSPS) is 14.2. The number of methoxy groups -OCH3 is 2. The maximum Gasteiger partial charge on any atom is 0.189 e. The second kappa shape index (κ2) is 8.87. The summed E-state index contributed by atoms with van der Waals surface area (Å²) >= 11 is 0. The molecule has 5 heteroatoms. The van der Waals surface area contributed by atoms with Crippen molar-refractivity contribution in [2.45, 2.75) is 19.4 Å². The maximum absolute atomic E-state index is 5.62. The van der Waals surface area contributed by atoms with Gasteiger partial charge in [0.05, 0.1) is 20.3 Å². The molecule has 0 aromatic heterocycles. The van der Waals surface area contributed by atoms with Gasteiger partial charge in [0.1, 0.15) is 0 Å². The molecule has 1 aromatic rings. The van der Waals surface area contributed by atoms with E-state index < -0.39 is 0 Å². The van der Waals surface area contributed by atoms with Gasteiger partial charge in [-0.25, -0.2) is 0 Å². The van der Waals surface area contributed by atoms with Gasteiger partial charge in [-0.1, -0.05) is 6.07 Å². The molecule has 118 valence electrons. The van der Waals surface area contributed by atoms with Crippen LogP contribution in [0.15, 0.2) is 18.2 Å². The van der Waals surface area contributed by atoms with Crippen LogP contribution in [-0.2, 0) is 16.0 Å². The van der Waals surface area contributed by atoms with Crippen LogP contribution >= 0.6 is 0 Å². The Balaban J connectivity index is 1.77. The summed E-state index contributed by atoms with van der Waals surface area (Å²) in [6.45, 7) is 3.38. The predicted molar refractivity (Wildman–Crippen MR) is 80.7 cm³/mol. The molecule has 1 N–H and O–H groups in total. The van der Waals surface area contributed by atoms with Crippen LogP contribution < -0.4 is 14.8 Å². The van der Waals surface area contributed by atoms with Crippen LogP contribution in [0.25, 0.3) is 0 Å². The van der Waals surface area contributed by atoms with E-state index in [-0.39, 0.29) is 6.79 Å². The average molecular weight is 295 g/mol. The summed E-state index contributed by atoms with van der Waals surface area (Å²) in [5.74, 6) is 2.20. The van der Waals surface area contributed by atoms with Crippen LogP contribution in [0.5, 0.6) is 11.5 Å². The minimum absolute atomic E-state index is 0.276. The molecule has 1 fully saturated rings. The summed E-state index contributed by atoms with van der Waals surface area (Å²) < 4.78 is 21.5. The van der Waals surface area contributed by atoms with Crippen molar-refractivity contribution >= 4 is 0 Å². The highest BCUT2D eigenvalue weighted by Crippen LogP contribution is 2.30. The van der Waals surface area contributed by atoms with Crippen molar-refractivity contribution in [2.24, 2.45) is 5.92 Å². The molecule has 0 atom stereocenters. The molecule has 1 aliphatic carbocycles. The lowest BCUT2D eigenvalue weighted by Crippen LogP contribution is -2.18. The molecule has 0 bridgehead atoms. The molecule has 5 nitrogen and oxygen atoms in total. The molecule has 1 aromatic carbocycles. The third kappa shape index (κ3) is 5.91. The minimum atomic E-state index is 0.276. The van der Waals surface area contributed by atoms with E-state index in [1.54, 1.807) is 14.2 Å². The van der Waals surface area contributed by atoms with E-state index in [0.717, 1.165) is 36.9 Å². The molecule has 0 spiro atoms. The number of benzene rings is 1. The van der Waals surface area contributed by atoms with Crippen molar-refractivity contribution in [3.63, 3.8) is 0 Å². The molecule has 0 radical (unpaired) electrons. The molecular weight excluding hydrogens is 270 g/mol. The van der Waals surface area contributed by atoms with Crippen LogP contribution in [0, 0.1) is 5.92 Å². The molecule has 0 heterocycles. The van der Waals surface area contributed by atoms with Gasteiger partial charge in [0.15, 0.2) is 18.3 Å². The fourth-order valence-electron chi connectivity index (χ4n) is 1.95. The summed E-state index contributed by atoms with van der Waals surface area (Å²) in [5.41, 5.74) is 1.15. The second-order valence-electron chi connectivity index (χ2n) is 5.23. The molecule has 0 saturated heterocycles. The lowest BCUT2D eigenvalue weighted by atomic mass is 10.2. The van der Waals surface area contributed by atoms with Crippen LogP contribution in [0.2, 0.25) is 0 Å². The van der Waals surface area contributed by atoms with Crippen LogP contribution in [0.1, 0.15) is 18.4 Å². The molecule has 0 unspecified atom stereocenters. The SMILES string of the molecule is COCCNCc1ccc(OCOCC2CC2)c(OC)c1. The number of hydrogen-bond acceptors (Lipinski definition) is 5. The van der Waals surface area contributed by atoms with Crippen molar-refractivity contribution in [1.82, 2.24) is 5.32 Å². The van der Waals surface area contributed by atoms with Gasteiger partial charge in [0.25, 0.3) is 0 Å². The Labute approximate surface area is 126 Å². The molecule has 2 rings (SSSR count). The summed E-state index contributed by atoms with van der Waals surface area (Å²) in [6.07, 6.45) is 2.57. The van der Waals surface area contributed by atoms with Gasteiger partial charge in [-0.2, -0.15) is 0 Å². The lowest BCUT2D eigenvalue weighted by Gasteiger charge is -2.12. The fourth-order valence-corrected chi connectivity index (χ4v) is 1.95. The molecular formula is C16H25NO4. The lowest BCUT2D eigenvalue weighted by molar-refractivity contribution is 0.00865. The Kier molecular flexibility index (Phi) is 6.79. The van der Waals surface area contributed by atoms with E-state index in [0.29, 0.717) is 12.4 Å². The van der Waals surface area contributed by atoms with Gasteiger partial charge < -0.3 is 24.3 Å². The third-order valence-corrected chi connectivity index (χ3v) is 3.39. The number of hydrogen-bond donors (Lipinski definition) is 1. The first-order chi connectivity index (χ1) is 10.3. The van der Waals surface area contributed by atoms with Crippen molar-refractivity contribution in [2.75, 3.05) is 40.8 Å². The standard InChI is InChI=1S/C16H25NO4/c1-18-8-7-17-10-14-5-6-15(16(9-14)19-2)21-12-20-11-13-3-4-13/h5-6,9,13,17H,3-4,7-8,10-12H2,1-2H3. The highest BCUT2D eigenvalue weighted by Gasteiger charge is 2.21. The summed E-state index contributed by atoms with van der Waals surface area (Å²) in [7, 11) is 3.34. The zero-order valence-electron chi connectivity index (χ0n) is 12.9. The van der Waals surface area contributed by atoms with Gasteiger partial charge in [-0.05, 0) is 36.5 Å². The number of nitrogens with one attached hydrogen (secondary N) is 1. The van der Waals surface area contributed by atoms with Crippen LogP contribution in [0.4, 0.5) is 0 Å². The van der Waals surface area contributed by atoms with E-state index in [2.05, 4.69) is 5.32 Å². The Morgan fingerprint density at radius 1 is 1.19 bits per heavy atom. The van der Waals surface area contributed by atoms with E-state index in [1.165, 1.54) is 12.8 Å². The van der Waals surface area contributed by atoms with Crippen LogP contribution in [-0.4, -0.2) is 40.8 Å². The van der Waals surface area contributed by atoms with Crippen molar-refractivity contribution in [3.8, 4) is 11.5 Å². The summed E-state index contributed by atoms with van der Waals surface area (Å²) in [5, 5.41) is 3.30. The third-order valence-electron chi connectivity index (χ3n) is 3.39. The average Bonchev–Trinajstić information content (AvgIpc) is 3.33. The van der Waals surface area contributed by atoms with Gasteiger partial charge in [0, 0.05) is 20.2 Å². The van der Waals surface area contributed by atoms with Gasteiger partial charge in [-0.15, -0.1) is 0 Å². The molecule has 1 saturated carbocycles. The zero-order valence-corrected chi connectivity index (χ0v) is 12.9. The molecule has 0 aliphatic heterocycles. The molecule has 0 amide bonds. The largest absolute Gasteiger partial charge is 0.493 e. The van der Waals surface area contributed by atoms with Crippen LogP contribution in [0.3, 0.4) is 0 Å². The van der Waals surface area contributed by atoms with Crippen molar-refractivity contribution in [3.05, 3.63) is 23.8 Å². The summed E-state index contributed by atoms with van der Waals surface area (Å²) in [4.78, 5) is 0. The second-order valence-corrected chi connectivity index (χ2v) is 5.23. The fraction of sp³-hybridized carbons (Fsp3) is 0.625. The van der Waals surface area contributed by atoms with Crippen molar-refractivity contribution < 1.29 is 18.9 Å². The highest BCUT2D eigenvalue weighted by atomic mass is 16.7. The minimum Gasteiger partial charge on any atom is -0.493 e. The van der Waals surface area contributed by atoms with Gasteiger partial charge in [-0.3, -0.25) is 0 Å². The van der Waals surface area contributed by atoms with E-state index in [1.807, 2.05) is 18.2 Å². The van der Waals surface area contributed by atoms with Crippen molar-refractivity contribution in [1.29, 1.82) is 0 Å². The number of rotatable bonds is 11. The van der Waals surface area contributed by atoms with Gasteiger partial charge in [0.2, 0.25) is 0 Å². The van der Waals surface area contributed by atoms with E-state index in [9.17, 15) is 0 Å². The Morgan fingerprint density at radius 2 is 2.05 bits per heavy atom. The first-order valence-corrected chi connectivity index (χ1v) is 7.40. The number of ether oxygens (including phenoxy) is 4. The molecule has 1 aliphatic rings. The maximum atomic E-state index is 5.62. The Morgan fingerprint density at radius 3 is 2.76 bits per heavy atom. The first kappa shape index (κ1) is 16.1. The first-order valence-electron chi connectivity index (χ1n) is 7.40. The monoisotopic (exact) mass is 295 g/mol. The quantitative estimate of drug-likeness (QED) is 0.501. The smallest absolute Gasteiger partial charge is 0.189 e. The Hall–Kier alpha value is -1.30. The van der Waals surface area contributed by atoms with E-state index >= 15 is 0 Å². The predicted octanol–water partition coefficient (Wildman–Crippen LogP) is 2.19. The molecule has 21 heavy (non-hydrogen) atoms. The Bertz CT molecular complexity index is 421. The van der Waals surface area contributed by atoms with Gasteiger partial charge >= 0.3 is 0 Å². The van der Waals surface area contributed by atoms with E-state index in [4.69, 9.17) is 18.9 Å². The zero-order chi connectivity index (χ0) is 14.9. The highest BCUT2D eigenvalue weighted by molar-refractivity contribution is 5.42. The topological polar surface area (TPSA) is 49.0 Å². The summed E-state index contributed by atoms with van der Waals surface area (Å²) in [6, 6.07) is 5.93.